The Morgan fingerprint density at radius 1 is 1.43 bits per heavy atom. The van der Waals surface area contributed by atoms with Gasteiger partial charge in [-0.15, -0.1) is 0 Å². The third-order valence-corrected chi connectivity index (χ3v) is 3.55. The van der Waals surface area contributed by atoms with Crippen LogP contribution < -0.4 is 5.32 Å². The zero-order valence-corrected chi connectivity index (χ0v) is 10.1. The van der Waals surface area contributed by atoms with Crippen LogP contribution in [-0.2, 0) is 4.74 Å². The Morgan fingerprint density at radius 2 is 2.14 bits per heavy atom. The second kappa shape index (κ2) is 5.13. The Morgan fingerprint density at radius 3 is 2.64 bits per heavy atom. The number of rotatable bonds is 5. The second-order valence-electron chi connectivity index (χ2n) is 4.84. The maximum absolute atomic E-state index is 5.90. The average molecular weight is 199 g/mol. The molecular weight excluding hydrogens is 174 g/mol. The number of ether oxygens (including phenoxy) is 1. The van der Waals surface area contributed by atoms with Gasteiger partial charge < -0.3 is 10.1 Å². The molecule has 0 radical (unpaired) electrons. The van der Waals surface area contributed by atoms with Crippen molar-refractivity contribution in [2.45, 2.75) is 46.1 Å². The molecule has 0 aromatic rings. The van der Waals surface area contributed by atoms with Gasteiger partial charge in [0.25, 0.3) is 0 Å². The van der Waals surface area contributed by atoms with E-state index in [0.717, 1.165) is 25.5 Å². The van der Waals surface area contributed by atoms with Crippen molar-refractivity contribution in [3.63, 3.8) is 0 Å². The second-order valence-corrected chi connectivity index (χ2v) is 4.84. The van der Waals surface area contributed by atoms with Crippen molar-refractivity contribution >= 4 is 0 Å². The van der Waals surface area contributed by atoms with Crippen LogP contribution in [0.3, 0.4) is 0 Å². The van der Waals surface area contributed by atoms with Gasteiger partial charge in [-0.3, -0.25) is 0 Å². The first kappa shape index (κ1) is 12.0. The Labute approximate surface area is 88.4 Å². The minimum Gasteiger partial charge on any atom is -0.377 e. The molecule has 1 aliphatic heterocycles. The van der Waals surface area contributed by atoms with Gasteiger partial charge in [0.2, 0.25) is 0 Å². The highest BCUT2D eigenvalue weighted by molar-refractivity contribution is 4.93. The van der Waals surface area contributed by atoms with Crippen LogP contribution in [0.1, 0.15) is 40.0 Å². The summed E-state index contributed by atoms with van der Waals surface area (Å²) in [6.45, 7) is 8.87. The van der Waals surface area contributed by atoms with Gasteiger partial charge >= 0.3 is 0 Å². The normalized spacial score (nSPS) is 37.7. The maximum Gasteiger partial charge on any atom is 0.0607 e. The summed E-state index contributed by atoms with van der Waals surface area (Å²) in [7, 11) is 2.04. The summed E-state index contributed by atoms with van der Waals surface area (Å²) in [5, 5.41) is 3.30. The fourth-order valence-corrected chi connectivity index (χ4v) is 2.80. The number of hydrogen-bond acceptors (Lipinski definition) is 2. The van der Waals surface area contributed by atoms with Crippen molar-refractivity contribution in [3.05, 3.63) is 0 Å². The molecule has 0 aromatic heterocycles. The number of nitrogens with one attached hydrogen (secondary N) is 1. The Hall–Kier alpha value is -0.0800. The summed E-state index contributed by atoms with van der Waals surface area (Å²) in [6.07, 6.45) is 4.22. The van der Waals surface area contributed by atoms with Gasteiger partial charge in [0, 0.05) is 12.0 Å². The predicted molar refractivity (Wildman–Crippen MR) is 60.5 cm³/mol. The van der Waals surface area contributed by atoms with Gasteiger partial charge in [0.05, 0.1) is 12.7 Å². The highest BCUT2D eigenvalue weighted by atomic mass is 16.5. The van der Waals surface area contributed by atoms with E-state index in [0.29, 0.717) is 11.5 Å². The van der Waals surface area contributed by atoms with Crippen LogP contribution in [0.2, 0.25) is 0 Å². The molecule has 0 saturated carbocycles. The topological polar surface area (TPSA) is 21.3 Å². The van der Waals surface area contributed by atoms with E-state index >= 15 is 0 Å². The summed E-state index contributed by atoms with van der Waals surface area (Å²) >= 11 is 0. The standard InChI is InChI=1S/C12H25NO/c1-5-7-10-11(6-2)14-9-12(10,3)8-13-4/h10-11,13H,5-9H2,1-4H3. The van der Waals surface area contributed by atoms with E-state index < -0.39 is 0 Å². The SMILES string of the molecule is CCCC1C(CC)OCC1(C)CNC. The van der Waals surface area contributed by atoms with Crippen molar-refractivity contribution in [1.82, 2.24) is 5.32 Å². The monoisotopic (exact) mass is 199 g/mol. The average Bonchev–Trinajstić information content (AvgIpc) is 2.46. The Balaban J connectivity index is 2.65. The lowest BCUT2D eigenvalue weighted by Crippen LogP contribution is -2.37. The molecule has 0 aromatic carbocycles. The smallest absolute Gasteiger partial charge is 0.0607 e. The number of hydrogen-bond donors (Lipinski definition) is 1. The van der Waals surface area contributed by atoms with E-state index in [-0.39, 0.29) is 0 Å². The van der Waals surface area contributed by atoms with Crippen LogP contribution in [-0.4, -0.2) is 26.3 Å². The molecule has 1 rings (SSSR count). The van der Waals surface area contributed by atoms with Crippen LogP contribution in [0, 0.1) is 11.3 Å². The molecule has 3 unspecified atom stereocenters. The third kappa shape index (κ3) is 2.29. The molecule has 1 saturated heterocycles. The molecule has 2 nitrogen and oxygen atoms in total. The van der Waals surface area contributed by atoms with E-state index in [9.17, 15) is 0 Å². The zero-order valence-electron chi connectivity index (χ0n) is 10.1. The van der Waals surface area contributed by atoms with Crippen molar-refractivity contribution in [2.75, 3.05) is 20.2 Å². The minimum absolute atomic E-state index is 0.353. The van der Waals surface area contributed by atoms with Crippen LogP contribution in [0.5, 0.6) is 0 Å². The lowest BCUT2D eigenvalue weighted by Gasteiger charge is -2.31. The summed E-state index contributed by atoms with van der Waals surface area (Å²) in [5.41, 5.74) is 0.353. The first-order valence-electron chi connectivity index (χ1n) is 5.94. The maximum atomic E-state index is 5.90. The predicted octanol–water partition coefficient (Wildman–Crippen LogP) is 2.44. The van der Waals surface area contributed by atoms with Crippen molar-refractivity contribution in [3.8, 4) is 0 Å². The molecular formula is C12H25NO. The molecule has 1 aliphatic rings. The zero-order chi connectivity index (χ0) is 10.6. The van der Waals surface area contributed by atoms with Crippen LogP contribution >= 0.6 is 0 Å². The Bertz CT molecular complexity index is 172. The molecule has 0 spiro atoms. The van der Waals surface area contributed by atoms with E-state index in [1.54, 1.807) is 0 Å². The van der Waals surface area contributed by atoms with E-state index in [4.69, 9.17) is 4.74 Å². The lowest BCUT2D eigenvalue weighted by atomic mass is 9.74. The summed E-state index contributed by atoms with van der Waals surface area (Å²) in [6, 6.07) is 0. The van der Waals surface area contributed by atoms with Crippen molar-refractivity contribution in [1.29, 1.82) is 0 Å². The molecule has 0 bridgehead atoms. The highest BCUT2D eigenvalue weighted by Gasteiger charge is 2.44. The van der Waals surface area contributed by atoms with Crippen molar-refractivity contribution < 1.29 is 4.74 Å². The van der Waals surface area contributed by atoms with Gasteiger partial charge in [0.15, 0.2) is 0 Å². The van der Waals surface area contributed by atoms with Gasteiger partial charge in [-0.2, -0.15) is 0 Å². The summed E-state index contributed by atoms with van der Waals surface area (Å²) in [5.74, 6) is 0.741. The fraction of sp³-hybridized carbons (Fsp3) is 1.00. The minimum atomic E-state index is 0.353. The summed E-state index contributed by atoms with van der Waals surface area (Å²) < 4.78 is 5.90. The van der Waals surface area contributed by atoms with E-state index in [1.165, 1.54) is 12.8 Å². The molecule has 84 valence electrons. The van der Waals surface area contributed by atoms with Gasteiger partial charge in [-0.05, 0) is 25.8 Å². The fourth-order valence-electron chi connectivity index (χ4n) is 2.80. The van der Waals surface area contributed by atoms with Crippen LogP contribution in [0.4, 0.5) is 0 Å². The van der Waals surface area contributed by atoms with Gasteiger partial charge in [-0.25, -0.2) is 0 Å². The van der Waals surface area contributed by atoms with E-state index in [1.807, 2.05) is 7.05 Å². The molecule has 0 aliphatic carbocycles. The van der Waals surface area contributed by atoms with Crippen LogP contribution in [0.15, 0.2) is 0 Å². The molecule has 2 heteroatoms. The first-order valence-corrected chi connectivity index (χ1v) is 5.94. The lowest BCUT2D eigenvalue weighted by molar-refractivity contribution is 0.0840. The molecule has 3 atom stereocenters. The van der Waals surface area contributed by atoms with Gasteiger partial charge in [-0.1, -0.05) is 27.2 Å². The van der Waals surface area contributed by atoms with Gasteiger partial charge in [0.1, 0.15) is 0 Å². The molecule has 0 amide bonds. The molecule has 1 fully saturated rings. The quantitative estimate of drug-likeness (QED) is 0.734. The highest BCUT2D eigenvalue weighted by Crippen LogP contribution is 2.41. The largest absolute Gasteiger partial charge is 0.377 e. The molecule has 14 heavy (non-hydrogen) atoms. The first-order chi connectivity index (χ1) is 6.68. The van der Waals surface area contributed by atoms with Crippen molar-refractivity contribution in [2.24, 2.45) is 11.3 Å². The summed E-state index contributed by atoms with van der Waals surface area (Å²) in [4.78, 5) is 0. The third-order valence-electron chi connectivity index (χ3n) is 3.55. The van der Waals surface area contributed by atoms with E-state index in [2.05, 4.69) is 26.1 Å². The molecule has 1 heterocycles. The molecule has 1 N–H and O–H groups in total. The Kier molecular flexibility index (Phi) is 4.39. The van der Waals surface area contributed by atoms with Crippen LogP contribution in [0.25, 0.3) is 0 Å².